The fourth-order valence-corrected chi connectivity index (χ4v) is 8.14. The molecule has 0 radical (unpaired) electrons. The van der Waals surface area contributed by atoms with Crippen LogP contribution >= 0.6 is 0 Å². The van der Waals surface area contributed by atoms with Crippen LogP contribution < -0.4 is 0 Å². The maximum Gasteiger partial charge on any atom is 0.331 e. The minimum atomic E-state index is -0.706. The van der Waals surface area contributed by atoms with Crippen LogP contribution in [0.4, 0.5) is 0 Å². The van der Waals surface area contributed by atoms with E-state index in [4.69, 9.17) is 0 Å². The first kappa shape index (κ1) is 18.5. The van der Waals surface area contributed by atoms with Crippen molar-refractivity contribution in [3.63, 3.8) is 0 Å². The van der Waals surface area contributed by atoms with Crippen LogP contribution in [0.3, 0.4) is 0 Å². The fraction of sp³-hybridized carbons (Fsp3) is 0.870. The van der Waals surface area contributed by atoms with Gasteiger partial charge in [-0.1, -0.05) is 26.8 Å². The van der Waals surface area contributed by atoms with Gasteiger partial charge in [-0.2, -0.15) is 0 Å². The molecule has 0 amide bonds. The molecule has 0 heterocycles. The van der Waals surface area contributed by atoms with Crippen molar-refractivity contribution in [2.24, 2.45) is 46.3 Å². The highest BCUT2D eigenvalue weighted by atomic mass is 16.4. The number of aliphatic hydroxyl groups excluding tert-OH is 1. The molecule has 8 atom stereocenters. The predicted molar refractivity (Wildman–Crippen MR) is 103 cm³/mol. The number of carboxylic acids is 1. The van der Waals surface area contributed by atoms with E-state index < -0.39 is 5.97 Å². The van der Waals surface area contributed by atoms with Crippen LogP contribution in [0.1, 0.15) is 72.1 Å². The van der Waals surface area contributed by atoms with Crippen LogP contribution in [0.15, 0.2) is 11.6 Å². The molecule has 0 aromatic rings. The number of rotatable bonds is 3. The molecule has 26 heavy (non-hydrogen) atoms. The molecule has 4 rings (SSSR count). The number of allylic oxidation sites excluding steroid dienone is 1. The van der Waals surface area contributed by atoms with E-state index in [-0.39, 0.29) is 0 Å². The van der Waals surface area contributed by atoms with Crippen molar-refractivity contribution in [1.82, 2.24) is 0 Å². The molecule has 146 valence electrons. The second-order valence-corrected chi connectivity index (χ2v) is 10.5. The van der Waals surface area contributed by atoms with Crippen molar-refractivity contribution >= 4 is 5.97 Å². The van der Waals surface area contributed by atoms with Crippen LogP contribution in [0.5, 0.6) is 0 Å². The van der Waals surface area contributed by atoms with E-state index in [2.05, 4.69) is 26.8 Å². The topological polar surface area (TPSA) is 57.5 Å². The lowest BCUT2D eigenvalue weighted by Crippen LogP contribution is -2.52. The quantitative estimate of drug-likeness (QED) is 0.753. The Morgan fingerprint density at radius 2 is 1.85 bits per heavy atom. The first-order valence-electron chi connectivity index (χ1n) is 10.9. The molecule has 0 aliphatic heterocycles. The van der Waals surface area contributed by atoms with Gasteiger partial charge in [0.1, 0.15) is 0 Å². The first-order chi connectivity index (χ1) is 12.3. The van der Waals surface area contributed by atoms with Crippen molar-refractivity contribution in [2.45, 2.75) is 72.1 Å². The minimum Gasteiger partial charge on any atom is -0.478 e. The Morgan fingerprint density at radius 3 is 2.54 bits per heavy atom. The molecular formula is C23H36O3. The maximum atomic E-state index is 11.4. The van der Waals surface area contributed by atoms with Gasteiger partial charge in [0.15, 0.2) is 0 Å². The van der Waals surface area contributed by atoms with E-state index in [9.17, 15) is 15.0 Å². The highest BCUT2D eigenvalue weighted by Gasteiger charge is 2.60. The summed E-state index contributed by atoms with van der Waals surface area (Å²) in [5.41, 5.74) is 1.36. The zero-order chi connectivity index (χ0) is 18.7. The molecule has 2 N–H and O–H groups in total. The Labute approximate surface area is 158 Å². The number of hydrogen-bond acceptors (Lipinski definition) is 2. The van der Waals surface area contributed by atoms with Gasteiger partial charge in [-0.15, -0.1) is 0 Å². The zero-order valence-electron chi connectivity index (χ0n) is 16.7. The number of aliphatic hydroxyl groups is 1. The Balaban J connectivity index is 1.60. The second-order valence-electron chi connectivity index (χ2n) is 10.5. The third-order valence-corrected chi connectivity index (χ3v) is 9.60. The molecule has 4 aliphatic rings. The summed E-state index contributed by atoms with van der Waals surface area (Å²) >= 11 is 0. The van der Waals surface area contributed by atoms with Gasteiger partial charge in [0, 0.05) is 12.2 Å². The van der Waals surface area contributed by atoms with E-state index in [1.54, 1.807) is 0 Å². The number of hydrogen-bond donors (Lipinski definition) is 2. The summed E-state index contributed by atoms with van der Waals surface area (Å²) in [5.74, 6) is 3.23. The van der Waals surface area contributed by atoms with Crippen LogP contribution in [0, 0.1) is 46.3 Å². The van der Waals surface area contributed by atoms with E-state index in [1.807, 2.05) is 0 Å². The van der Waals surface area contributed by atoms with Crippen LogP contribution in [-0.2, 0) is 4.79 Å². The highest BCUT2D eigenvalue weighted by molar-refractivity contribution is 5.86. The van der Waals surface area contributed by atoms with Gasteiger partial charge >= 0.3 is 5.97 Å². The van der Waals surface area contributed by atoms with Gasteiger partial charge in [0.05, 0.1) is 0 Å². The van der Waals surface area contributed by atoms with Crippen molar-refractivity contribution < 1.29 is 15.0 Å². The highest BCUT2D eigenvalue weighted by Crippen LogP contribution is 2.67. The van der Waals surface area contributed by atoms with Gasteiger partial charge in [-0.25, -0.2) is 4.79 Å². The van der Waals surface area contributed by atoms with Gasteiger partial charge in [0.2, 0.25) is 0 Å². The lowest BCUT2D eigenvalue weighted by molar-refractivity contribution is -0.134. The van der Waals surface area contributed by atoms with Crippen molar-refractivity contribution in [3.05, 3.63) is 11.6 Å². The number of aliphatic carboxylic acids is 1. The lowest BCUT2D eigenvalue weighted by Gasteiger charge is -2.60. The Hall–Kier alpha value is -0.830. The summed E-state index contributed by atoms with van der Waals surface area (Å²) in [5, 5.41) is 19.2. The largest absolute Gasteiger partial charge is 0.478 e. The lowest BCUT2D eigenvalue weighted by atomic mass is 9.45. The summed E-state index contributed by atoms with van der Waals surface area (Å²) in [6.07, 6.45) is 11.6. The molecule has 0 aromatic heterocycles. The molecule has 0 unspecified atom stereocenters. The number of carbonyl (C=O) groups is 1. The predicted octanol–water partition coefficient (Wildman–Crippen LogP) is 4.89. The monoisotopic (exact) mass is 360 g/mol. The maximum absolute atomic E-state index is 11.4. The number of fused-ring (bicyclic) bond motifs is 5. The third-order valence-electron chi connectivity index (χ3n) is 9.60. The first-order valence-corrected chi connectivity index (χ1v) is 10.9. The fourth-order valence-electron chi connectivity index (χ4n) is 8.14. The molecule has 3 saturated carbocycles. The standard InChI is InChI=1S/C23H36O3/c1-14(13-24)18-6-7-19-17-5-4-16-12-15(21(25)26)8-10-22(16,2)20(17)9-11-23(18,19)3/h12,14,16-20,24H,4-11,13H2,1-3H3,(H,25,26)/t14-,16+,17+,18-,19+,20+,22+,23-/m1/s1. The number of carboxylic acid groups (broad SMARTS) is 1. The minimum absolute atomic E-state index is 0.296. The molecule has 0 saturated heterocycles. The van der Waals surface area contributed by atoms with Crippen LogP contribution in [0.2, 0.25) is 0 Å². The van der Waals surface area contributed by atoms with Gasteiger partial charge in [-0.3, -0.25) is 0 Å². The SMILES string of the molecule is C[C@H](CO)[C@H]1CC[C@H]2[C@@H]3CC[C@H]4C=C(C(=O)O)CC[C@]4(C)[C@H]3CC[C@]12C. The third kappa shape index (κ3) is 2.52. The second kappa shape index (κ2) is 6.36. The summed E-state index contributed by atoms with van der Waals surface area (Å²) in [7, 11) is 0. The average Bonchev–Trinajstić information content (AvgIpc) is 2.97. The summed E-state index contributed by atoms with van der Waals surface area (Å²) in [6, 6.07) is 0. The van der Waals surface area contributed by atoms with E-state index in [1.165, 1.54) is 38.5 Å². The van der Waals surface area contributed by atoms with Gasteiger partial charge in [-0.05, 0) is 97.7 Å². The normalized spacial score (nSPS) is 48.8. The van der Waals surface area contributed by atoms with Gasteiger partial charge < -0.3 is 10.2 Å². The molecule has 0 bridgehead atoms. The van der Waals surface area contributed by atoms with Gasteiger partial charge in [0.25, 0.3) is 0 Å². The molecule has 3 heteroatoms. The Bertz CT molecular complexity index is 611. The molecule has 3 nitrogen and oxygen atoms in total. The molecule has 0 aromatic carbocycles. The Morgan fingerprint density at radius 1 is 1.12 bits per heavy atom. The zero-order valence-corrected chi connectivity index (χ0v) is 16.7. The molecule has 0 spiro atoms. The van der Waals surface area contributed by atoms with Crippen LogP contribution in [0.25, 0.3) is 0 Å². The van der Waals surface area contributed by atoms with Crippen LogP contribution in [-0.4, -0.2) is 22.8 Å². The summed E-state index contributed by atoms with van der Waals surface area (Å²) < 4.78 is 0. The van der Waals surface area contributed by atoms with E-state index in [0.717, 1.165) is 30.6 Å². The average molecular weight is 361 g/mol. The van der Waals surface area contributed by atoms with E-state index >= 15 is 0 Å². The summed E-state index contributed by atoms with van der Waals surface area (Å²) in [6.45, 7) is 7.55. The Kier molecular flexibility index (Phi) is 4.53. The smallest absolute Gasteiger partial charge is 0.331 e. The molecule has 3 fully saturated rings. The van der Waals surface area contributed by atoms with Crippen molar-refractivity contribution in [1.29, 1.82) is 0 Å². The van der Waals surface area contributed by atoms with Crippen molar-refractivity contribution in [2.75, 3.05) is 6.61 Å². The van der Waals surface area contributed by atoms with E-state index in [0.29, 0.717) is 40.8 Å². The molecular weight excluding hydrogens is 324 g/mol. The molecule has 4 aliphatic carbocycles. The summed E-state index contributed by atoms with van der Waals surface area (Å²) in [4.78, 5) is 11.4. The van der Waals surface area contributed by atoms with Crippen molar-refractivity contribution in [3.8, 4) is 0 Å².